The van der Waals surface area contributed by atoms with Gasteiger partial charge in [0.2, 0.25) is 0 Å². The second kappa shape index (κ2) is 7.33. The first-order chi connectivity index (χ1) is 12.0. The van der Waals surface area contributed by atoms with E-state index in [2.05, 4.69) is 0 Å². The normalized spacial score (nSPS) is 16.6. The van der Waals surface area contributed by atoms with Crippen LogP contribution in [0.4, 0.5) is 0 Å². The Labute approximate surface area is 149 Å². The molecular weight excluding hydrogens is 342 g/mol. The van der Waals surface area contributed by atoms with Gasteiger partial charge >= 0.3 is 5.97 Å². The van der Waals surface area contributed by atoms with Crippen molar-refractivity contribution in [1.29, 1.82) is 0 Å². The minimum absolute atomic E-state index is 0.0167. The van der Waals surface area contributed by atoms with Gasteiger partial charge in [-0.1, -0.05) is 18.2 Å². The fraction of sp³-hybridized carbons (Fsp3) is 0.333. The molecule has 2 N–H and O–H groups in total. The lowest BCUT2D eigenvalue weighted by Crippen LogP contribution is -2.50. The number of aliphatic hydroxyl groups is 1. The maximum atomic E-state index is 12.7. The van der Waals surface area contributed by atoms with Crippen molar-refractivity contribution in [3.05, 3.63) is 54.0 Å². The molecule has 1 aliphatic rings. The van der Waals surface area contributed by atoms with Gasteiger partial charge in [0.15, 0.2) is 11.4 Å². The Balaban J connectivity index is 1.64. The summed E-state index contributed by atoms with van der Waals surface area (Å²) in [6.45, 7) is 0.376. The first-order valence-corrected chi connectivity index (χ1v) is 8.97. The fourth-order valence-electron chi connectivity index (χ4n) is 2.75. The number of aliphatic carboxylic acids is 1. The lowest BCUT2D eigenvalue weighted by molar-refractivity contribution is -0.162. The molecule has 1 saturated heterocycles. The second-order valence-corrected chi connectivity index (χ2v) is 7.05. The zero-order valence-electron chi connectivity index (χ0n) is 13.6. The summed E-state index contributed by atoms with van der Waals surface area (Å²) in [5.41, 5.74) is -0.940. The summed E-state index contributed by atoms with van der Waals surface area (Å²) in [5.74, 6) is -0.614. The summed E-state index contributed by atoms with van der Waals surface area (Å²) in [6.07, 6.45) is 1.53. The summed E-state index contributed by atoms with van der Waals surface area (Å²) in [6, 6.07) is 11.7. The number of furan rings is 1. The molecule has 0 bridgehead atoms. The summed E-state index contributed by atoms with van der Waals surface area (Å²) >= 11 is 1.61. The number of hydrogen-bond donors (Lipinski definition) is 2. The van der Waals surface area contributed by atoms with Gasteiger partial charge < -0.3 is 19.5 Å². The number of likely N-dealkylation sites (tertiary alicyclic amines) is 1. The van der Waals surface area contributed by atoms with E-state index in [1.165, 1.54) is 11.2 Å². The highest BCUT2D eigenvalue weighted by Gasteiger charge is 2.41. The van der Waals surface area contributed by atoms with E-state index in [9.17, 15) is 14.7 Å². The number of amides is 1. The molecule has 2 heterocycles. The van der Waals surface area contributed by atoms with Crippen LogP contribution in [-0.2, 0) is 10.5 Å². The fourth-order valence-corrected chi connectivity index (χ4v) is 3.65. The molecule has 1 aromatic carbocycles. The van der Waals surface area contributed by atoms with Crippen LogP contribution in [0.3, 0.4) is 0 Å². The Kier molecular flexibility index (Phi) is 5.15. The van der Waals surface area contributed by atoms with Gasteiger partial charge in [0, 0.05) is 42.1 Å². The molecule has 1 amide bonds. The highest BCUT2D eigenvalue weighted by molar-refractivity contribution is 7.98. The topological polar surface area (TPSA) is 91.0 Å². The van der Waals surface area contributed by atoms with Gasteiger partial charge in [0.05, 0.1) is 6.26 Å². The Bertz CT molecular complexity index is 750. The molecule has 0 aliphatic carbocycles. The Hall–Kier alpha value is -2.25. The van der Waals surface area contributed by atoms with Crippen molar-refractivity contribution >= 4 is 23.6 Å². The number of thioether (sulfide) groups is 1. The van der Waals surface area contributed by atoms with E-state index in [0.717, 1.165) is 10.5 Å². The standard InChI is InChI=1S/C18H19NO5S/c20-16(19-9-7-18(23,8-10-19)17(21)22)15-13(6-11-24-15)12-25-14-4-2-1-3-5-14/h1-6,11,23H,7-10,12H2,(H,21,22). The third-order valence-corrected chi connectivity index (χ3v) is 5.42. The Morgan fingerprint density at radius 3 is 2.48 bits per heavy atom. The van der Waals surface area contributed by atoms with E-state index in [0.29, 0.717) is 5.75 Å². The summed E-state index contributed by atoms with van der Waals surface area (Å²) in [7, 11) is 0. The average molecular weight is 361 g/mol. The van der Waals surface area contributed by atoms with Crippen LogP contribution in [0, 0.1) is 0 Å². The van der Waals surface area contributed by atoms with Crippen LogP contribution in [0.5, 0.6) is 0 Å². The van der Waals surface area contributed by atoms with Crippen molar-refractivity contribution in [2.75, 3.05) is 13.1 Å². The van der Waals surface area contributed by atoms with Crippen molar-refractivity contribution in [2.24, 2.45) is 0 Å². The molecule has 0 saturated carbocycles. The molecule has 1 fully saturated rings. The maximum Gasteiger partial charge on any atom is 0.335 e. The van der Waals surface area contributed by atoms with E-state index in [1.54, 1.807) is 17.8 Å². The zero-order valence-corrected chi connectivity index (χ0v) is 14.4. The van der Waals surface area contributed by atoms with Crippen molar-refractivity contribution in [3.63, 3.8) is 0 Å². The highest BCUT2D eigenvalue weighted by atomic mass is 32.2. The van der Waals surface area contributed by atoms with Gasteiger partial charge in [-0.3, -0.25) is 4.79 Å². The van der Waals surface area contributed by atoms with Crippen LogP contribution in [0.25, 0.3) is 0 Å². The monoisotopic (exact) mass is 361 g/mol. The van der Waals surface area contributed by atoms with Crippen molar-refractivity contribution in [3.8, 4) is 0 Å². The van der Waals surface area contributed by atoms with E-state index in [4.69, 9.17) is 9.52 Å². The van der Waals surface area contributed by atoms with Crippen molar-refractivity contribution in [1.82, 2.24) is 4.90 Å². The SMILES string of the molecule is O=C(c1occc1CSc1ccccc1)N1CCC(O)(C(=O)O)CC1. The third kappa shape index (κ3) is 3.88. The largest absolute Gasteiger partial charge is 0.479 e. The number of carbonyl (C=O) groups excluding carboxylic acids is 1. The van der Waals surface area contributed by atoms with Crippen LogP contribution < -0.4 is 0 Å². The van der Waals surface area contributed by atoms with Gasteiger partial charge in [-0.2, -0.15) is 0 Å². The first-order valence-electron chi connectivity index (χ1n) is 7.99. The Morgan fingerprint density at radius 1 is 1.16 bits per heavy atom. The Morgan fingerprint density at radius 2 is 1.84 bits per heavy atom. The van der Waals surface area contributed by atoms with Gasteiger partial charge in [0.25, 0.3) is 5.91 Å². The minimum Gasteiger partial charge on any atom is -0.479 e. The molecule has 2 aromatic rings. The molecule has 132 valence electrons. The lowest BCUT2D eigenvalue weighted by atomic mass is 9.91. The summed E-state index contributed by atoms with van der Waals surface area (Å²) < 4.78 is 5.38. The molecule has 1 aromatic heterocycles. The van der Waals surface area contributed by atoms with E-state index in [1.807, 2.05) is 30.3 Å². The molecule has 25 heavy (non-hydrogen) atoms. The number of carbonyl (C=O) groups is 2. The number of hydrogen-bond acceptors (Lipinski definition) is 5. The van der Waals surface area contributed by atoms with E-state index < -0.39 is 11.6 Å². The molecule has 6 nitrogen and oxygen atoms in total. The number of benzene rings is 1. The van der Waals surface area contributed by atoms with Crippen LogP contribution in [0.1, 0.15) is 29.0 Å². The molecule has 1 aliphatic heterocycles. The van der Waals surface area contributed by atoms with Gasteiger partial charge in [-0.15, -0.1) is 11.8 Å². The first kappa shape index (κ1) is 17.6. The van der Waals surface area contributed by atoms with Gasteiger partial charge in [0.1, 0.15) is 0 Å². The van der Waals surface area contributed by atoms with Crippen LogP contribution in [-0.4, -0.2) is 45.7 Å². The van der Waals surface area contributed by atoms with Crippen molar-refractivity contribution < 1.29 is 24.2 Å². The third-order valence-electron chi connectivity index (χ3n) is 4.35. The van der Waals surface area contributed by atoms with Crippen LogP contribution in [0.2, 0.25) is 0 Å². The predicted molar refractivity (Wildman–Crippen MR) is 92.4 cm³/mol. The van der Waals surface area contributed by atoms with Gasteiger partial charge in [-0.25, -0.2) is 4.79 Å². The van der Waals surface area contributed by atoms with Crippen LogP contribution >= 0.6 is 11.8 Å². The lowest BCUT2D eigenvalue weighted by Gasteiger charge is -2.35. The molecule has 0 unspecified atom stereocenters. The number of carboxylic acid groups (broad SMARTS) is 1. The molecule has 0 atom stereocenters. The molecular formula is C18H19NO5S. The summed E-state index contributed by atoms with van der Waals surface area (Å²) in [5, 5.41) is 19.0. The average Bonchev–Trinajstić information content (AvgIpc) is 3.09. The number of nitrogens with zero attached hydrogens (tertiary/aromatic N) is 1. The van der Waals surface area contributed by atoms with E-state index >= 15 is 0 Å². The van der Waals surface area contributed by atoms with E-state index in [-0.39, 0.29) is 37.6 Å². The smallest absolute Gasteiger partial charge is 0.335 e. The number of piperidine rings is 1. The summed E-state index contributed by atoms with van der Waals surface area (Å²) in [4.78, 5) is 26.4. The van der Waals surface area contributed by atoms with Crippen molar-refractivity contribution in [2.45, 2.75) is 29.1 Å². The maximum absolute atomic E-state index is 12.7. The van der Waals surface area contributed by atoms with Crippen LogP contribution in [0.15, 0.2) is 52.0 Å². The molecule has 0 radical (unpaired) electrons. The van der Waals surface area contributed by atoms with Gasteiger partial charge in [-0.05, 0) is 18.2 Å². The second-order valence-electron chi connectivity index (χ2n) is 6.01. The predicted octanol–water partition coefficient (Wildman–Crippen LogP) is 2.62. The zero-order chi connectivity index (χ0) is 17.9. The quantitative estimate of drug-likeness (QED) is 0.796. The molecule has 7 heteroatoms. The molecule has 0 spiro atoms. The number of rotatable bonds is 5. The minimum atomic E-state index is -1.74. The number of carboxylic acids is 1. The highest BCUT2D eigenvalue weighted by Crippen LogP contribution is 2.28. The molecule has 3 rings (SSSR count).